The molecule has 0 aliphatic heterocycles. The first kappa shape index (κ1) is 29.2. The third-order valence-corrected chi connectivity index (χ3v) is 10.3. The molecule has 0 aromatic heterocycles. The number of ether oxygens (including phenoxy) is 3. The smallest absolute Gasteiger partial charge is 0.309 e. The molecule has 4 aliphatic carbocycles. The number of nitrogens with one attached hydrogen (secondary N) is 2. The molecular formula is C31H41N3O7. The maximum Gasteiger partial charge on any atom is 0.309 e. The second-order valence-corrected chi connectivity index (χ2v) is 12.7. The Morgan fingerprint density at radius 2 is 1.76 bits per heavy atom. The van der Waals surface area contributed by atoms with Gasteiger partial charge in [-0.05, 0) is 89.0 Å². The lowest BCUT2D eigenvalue weighted by atomic mass is 9.75. The summed E-state index contributed by atoms with van der Waals surface area (Å²) in [6.07, 6.45) is 7.57. The third kappa shape index (κ3) is 5.61. The molecule has 10 nitrogen and oxygen atoms in total. The molecule has 4 aliphatic rings. The number of carboxylic acids is 1. The minimum Gasteiger partial charge on any atom is -0.496 e. The van der Waals surface area contributed by atoms with E-state index in [-0.39, 0.29) is 69.9 Å². The second-order valence-electron chi connectivity index (χ2n) is 12.7. The Hall–Kier alpha value is -3.32. The number of carbonyl (C=O) groups is 3. The number of benzene rings is 1. The lowest BCUT2D eigenvalue weighted by Crippen LogP contribution is -2.54. The van der Waals surface area contributed by atoms with Crippen LogP contribution in [0.4, 0.5) is 0 Å². The van der Waals surface area contributed by atoms with Crippen molar-refractivity contribution in [3.05, 3.63) is 23.3 Å². The minimum absolute atomic E-state index is 0.0349. The highest BCUT2D eigenvalue weighted by Crippen LogP contribution is 2.49. The summed E-state index contributed by atoms with van der Waals surface area (Å²) in [4.78, 5) is 38.7. The summed E-state index contributed by atoms with van der Waals surface area (Å²) in [5.41, 5.74) is -0.579. The van der Waals surface area contributed by atoms with Crippen molar-refractivity contribution in [1.82, 2.24) is 10.6 Å². The number of methoxy groups -OCH3 is 2. The SMILES string of the molecule is COc1cc(C#N)c(O[C@H]2CC[C@@](C)(C(=O)O)CC2)cc1C(=O)N[C@@H]1[C@H]2CC[C@H](C2)[C@@H]1C(=O)NCC1(OC)CCC1. The van der Waals surface area contributed by atoms with E-state index in [0.717, 1.165) is 38.5 Å². The molecule has 1 aromatic carbocycles. The lowest BCUT2D eigenvalue weighted by Gasteiger charge is -2.41. The second kappa shape index (κ2) is 11.5. The molecule has 10 heteroatoms. The quantitative estimate of drug-likeness (QED) is 0.387. The first-order valence-electron chi connectivity index (χ1n) is 14.8. The van der Waals surface area contributed by atoms with Gasteiger partial charge in [0.05, 0.1) is 41.3 Å². The Labute approximate surface area is 241 Å². The van der Waals surface area contributed by atoms with E-state index in [2.05, 4.69) is 16.7 Å². The first-order chi connectivity index (χ1) is 19.6. The number of aliphatic carboxylic acids is 1. The summed E-state index contributed by atoms with van der Waals surface area (Å²) in [5.74, 6) is -0.545. The highest BCUT2D eigenvalue weighted by Gasteiger charge is 2.52. The Bertz CT molecular complexity index is 1220. The van der Waals surface area contributed by atoms with Crippen molar-refractivity contribution < 1.29 is 33.7 Å². The van der Waals surface area contributed by atoms with Crippen LogP contribution in [0.3, 0.4) is 0 Å². The maximum absolute atomic E-state index is 13.7. The largest absolute Gasteiger partial charge is 0.496 e. The fourth-order valence-electron chi connectivity index (χ4n) is 7.33. The maximum atomic E-state index is 13.7. The van der Waals surface area contributed by atoms with Crippen LogP contribution in [0.2, 0.25) is 0 Å². The molecule has 0 saturated heterocycles. The van der Waals surface area contributed by atoms with Crippen molar-refractivity contribution in [2.24, 2.45) is 23.2 Å². The van der Waals surface area contributed by atoms with Gasteiger partial charge in [0.2, 0.25) is 5.91 Å². The van der Waals surface area contributed by atoms with Crippen LogP contribution in [0.5, 0.6) is 11.5 Å². The molecule has 0 unspecified atom stereocenters. The van der Waals surface area contributed by atoms with E-state index in [1.807, 2.05) is 0 Å². The molecule has 4 atom stereocenters. The number of nitrogens with zero attached hydrogens (tertiary/aromatic N) is 1. The number of rotatable bonds is 10. The highest BCUT2D eigenvalue weighted by atomic mass is 16.5. The van der Waals surface area contributed by atoms with Crippen molar-refractivity contribution in [3.8, 4) is 17.6 Å². The van der Waals surface area contributed by atoms with Crippen LogP contribution in [-0.2, 0) is 14.3 Å². The zero-order chi connectivity index (χ0) is 29.4. The highest BCUT2D eigenvalue weighted by molar-refractivity contribution is 5.98. The number of nitriles is 1. The lowest BCUT2D eigenvalue weighted by molar-refractivity contribution is -0.150. The third-order valence-electron chi connectivity index (χ3n) is 10.3. The van der Waals surface area contributed by atoms with Gasteiger partial charge in [-0.25, -0.2) is 0 Å². The van der Waals surface area contributed by atoms with Crippen LogP contribution in [0.15, 0.2) is 12.1 Å². The average molecular weight is 568 g/mol. The number of fused-ring (bicyclic) bond motifs is 2. The van der Waals surface area contributed by atoms with E-state index >= 15 is 0 Å². The van der Waals surface area contributed by atoms with Crippen LogP contribution in [0, 0.1) is 34.5 Å². The molecule has 2 amide bonds. The van der Waals surface area contributed by atoms with E-state index in [1.54, 1.807) is 20.1 Å². The van der Waals surface area contributed by atoms with Gasteiger partial charge in [0.15, 0.2) is 0 Å². The summed E-state index contributed by atoms with van der Waals surface area (Å²) in [5, 5.41) is 25.6. The molecule has 41 heavy (non-hydrogen) atoms. The Morgan fingerprint density at radius 3 is 2.34 bits per heavy atom. The van der Waals surface area contributed by atoms with Crippen LogP contribution in [0.1, 0.15) is 87.1 Å². The van der Waals surface area contributed by atoms with Gasteiger partial charge in [-0.3, -0.25) is 14.4 Å². The topological polar surface area (TPSA) is 147 Å². The van der Waals surface area contributed by atoms with Crippen LogP contribution >= 0.6 is 0 Å². The van der Waals surface area contributed by atoms with Crippen molar-refractivity contribution in [2.45, 2.75) is 88.9 Å². The van der Waals surface area contributed by atoms with E-state index in [1.165, 1.54) is 13.2 Å². The summed E-state index contributed by atoms with van der Waals surface area (Å²) in [6.45, 7) is 2.22. The summed E-state index contributed by atoms with van der Waals surface area (Å²) in [7, 11) is 3.14. The standard InChI is InChI=1S/C31H41N3O7/c1-30(29(37)38)11-7-21(8-12-30)41-23-15-22(24(39-2)14-20(23)16-32)27(35)34-26-19-6-5-18(13-19)25(26)28(36)33-17-31(40-3)9-4-10-31/h14-15,18-19,21,25-26H,4-13,17H2,1-3H3,(H,33,36)(H,34,35)(H,37,38)/t18-,19+,21-,25+,26-,30+/m1/s1. The molecular weight excluding hydrogens is 526 g/mol. The number of carbonyl (C=O) groups excluding carboxylic acids is 2. The van der Waals surface area contributed by atoms with E-state index in [4.69, 9.17) is 14.2 Å². The monoisotopic (exact) mass is 567 g/mol. The Kier molecular flexibility index (Phi) is 8.20. The molecule has 2 bridgehead atoms. The van der Waals surface area contributed by atoms with Gasteiger partial charge in [0.1, 0.15) is 17.6 Å². The van der Waals surface area contributed by atoms with Gasteiger partial charge >= 0.3 is 5.97 Å². The van der Waals surface area contributed by atoms with E-state index < -0.39 is 11.4 Å². The molecule has 3 N–H and O–H groups in total. The van der Waals surface area contributed by atoms with Gasteiger partial charge < -0.3 is 30.0 Å². The van der Waals surface area contributed by atoms with Crippen LogP contribution in [-0.4, -0.2) is 61.4 Å². The molecule has 1 aromatic rings. The van der Waals surface area contributed by atoms with Gasteiger partial charge in [0, 0.05) is 25.8 Å². The first-order valence-corrected chi connectivity index (χ1v) is 14.8. The zero-order valence-electron chi connectivity index (χ0n) is 24.2. The summed E-state index contributed by atoms with van der Waals surface area (Å²) >= 11 is 0. The Morgan fingerprint density at radius 1 is 1.05 bits per heavy atom. The normalized spacial score (nSPS) is 31.4. The predicted octanol–water partition coefficient (Wildman–Crippen LogP) is 3.81. The fourth-order valence-corrected chi connectivity index (χ4v) is 7.33. The van der Waals surface area contributed by atoms with E-state index in [9.17, 15) is 24.8 Å². The molecule has 4 fully saturated rings. The number of amides is 2. The van der Waals surface area contributed by atoms with Gasteiger partial charge in [-0.1, -0.05) is 0 Å². The van der Waals surface area contributed by atoms with E-state index in [0.29, 0.717) is 32.2 Å². The zero-order valence-corrected chi connectivity index (χ0v) is 24.2. The molecule has 0 spiro atoms. The average Bonchev–Trinajstić information content (AvgIpc) is 3.55. The summed E-state index contributed by atoms with van der Waals surface area (Å²) in [6, 6.07) is 4.87. The van der Waals surface area contributed by atoms with Gasteiger partial charge in [-0.2, -0.15) is 5.26 Å². The van der Waals surface area contributed by atoms with Gasteiger partial charge in [-0.15, -0.1) is 0 Å². The Balaban J connectivity index is 1.31. The van der Waals surface area contributed by atoms with Crippen molar-refractivity contribution >= 4 is 17.8 Å². The molecule has 0 heterocycles. The van der Waals surface area contributed by atoms with Crippen molar-refractivity contribution in [2.75, 3.05) is 20.8 Å². The predicted molar refractivity (Wildman–Crippen MR) is 149 cm³/mol. The number of hydrogen-bond acceptors (Lipinski definition) is 7. The van der Waals surface area contributed by atoms with Crippen molar-refractivity contribution in [1.29, 1.82) is 5.26 Å². The molecule has 5 rings (SSSR count). The number of carboxylic acid groups (broad SMARTS) is 1. The van der Waals surface area contributed by atoms with Crippen molar-refractivity contribution in [3.63, 3.8) is 0 Å². The van der Waals surface area contributed by atoms with Crippen LogP contribution in [0.25, 0.3) is 0 Å². The molecule has 222 valence electrons. The molecule has 4 saturated carbocycles. The fraction of sp³-hybridized carbons (Fsp3) is 0.677. The van der Waals surface area contributed by atoms with Gasteiger partial charge in [0.25, 0.3) is 5.91 Å². The van der Waals surface area contributed by atoms with Crippen LogP contribution < -0.4 is 20.1 Å². The molecule has 0 radical (unpaired) electrons. The summed E-state index contributed by atoms with van der Waals surface area (Å²) < 4.78 is 17.3. The minimum atomic E-state index is -0.814. The number of hydrogen-bond donors (Lipinski definition) is 3.